The first-order valence-corrected chi connectivity index (χ1v) is 6.67. The molecule has 1 aromatic heterocycles. The van der Waals surface area contributed by atoms with E-state index in [9.17, 15) is 9.90 Å². The second kappa shape index (κ2) is 6.78. The van der Waals surface area contributed by atoms with Crippen LogP contribution in [0.3, 0.4) is 0 Å². The molecule has 21 heavy (non-hydrogen) atoms. The molecule has 0 aliphatic heterocycles. The summed E-state index contributed by atoms with van der Waals surface area (Å²) in [5.41, 5.74) is 0.900. The maximum atomic E-state index is 11.5. The van der Waals surface area contributed by atoms with E-state index < -0.39 is 11.9 Å². The van der Waals surface area contributed by atoms with Crippen LogP contribution in [0.5, 0.6) is 11.5 Å². The van der Waals surface area contributed by atoms with Gasteiger partial charge in [-0.2, -0.15) is 0 Å². The molecule has 6 heteroatoms. The number of hydrogen-bond donors (Lipinski definition) is 1. The summed E-state index contributed by atoms with van der Waals surface area (Å²) in [6.07, 6.45) is 2.54. The van der Waals surface area contributed by atoms with E-state index in [1.165, 1.54) is 12.7 Å². The van der Waals surface area contributed by atoms with E-state index in [-0.39, 0.29) is 0 Å². The van der Waals surface area contributed by atoms with Crippen LogP contribution in [-0.2, 0) is 4.79 Å². The van der Waals surface area contributed by atoms with Gasteiger partial charge in [0.1, 0.15) is 12.2 Å². The molecule has 1 unspecified atom stereocenters. The van der Waals surface area contributed by atoms with Gasteiger partial charge in [-0.1, -0.05) is 6.07 Å². The van der Waals surface area contributed by atoms with Gasteiger partial charge in [-0.25, -0.2) is 4.98 Å². The summed E-state index contributed by atoms with van der Waals surface area (Å²) in [6.45, 7) is 4.70. The second-order valence-corrected chi connectivity index (χ2v) is 4.26. The molecule has 2 aromatic rings. The quantitative estimate of drug-likeness (QED) is 0.844. The molecule has 0 spiro atoms. The molecule has 0 fully saturated rings. The van der Waals surface area contributed by atoms with Gasteiger partial charge in [0.05, 0.1) is 18.9 Å². The predicted octanol–water partition coefficient (Wildman–Crippen LogP) is 2.69. The van der Waals surface area contributed by atoms with Crippen molar-refractivity contribution in [2.45, 2.75) is 19.8 Å². The van der Waals surface area contributed by atoms with Crippen LogP contribution in [0.15, 0.2) is 35.3 Å². The minimum atomic E-state index is -1.00. The van der Waals surface area contributed by atoms with Crippen LogP contribution in [0.4, 0.5) is 0 Å². The van der Waals surface area contributed by atoms with E-state index in [0.29, 0.717) is 36.0 Å². The lowest BCUT2D eigenvalue weighted by Crippen LogP contribution is -2.14. The van der Waals surface area contributed by atoms with Gasteiger partial charge in [0.25, 0.3) is 0 Å². The number of carboxylic acid groups (broad SMARTS) is 1. The fourth-order valence-corrected chi connectivity index (χ4v) is 2.05. The van der Waals surface area contributed by atoms with Gasteiger partial charge in [0.2, 0.25) is 0 Å². The highest BCUT2D eigenvalue weighted by Crippen LogP contribution is 2.33. The second-order valence-electron chi connectivity index (χ2n) is 4.26. The van der Waals surface area contributed by atoms with Crippen LogP contribution in [0, 0.1) is 0 Å². The number of aliphatic carboxylic acids is 1. The molecule has 2 rings (SSSR count). The summed E-state index contributed by atoms with van der Waals surface area (Å²) in [5.74, 6) is -0.798. The van der Waals surface area contributed by atoms with E-state index >= 15 is 0 Å². The number of benzene rings is 1. The Kier molecular flexibility index (Phi) is 4.81. The Morgan fingerprint density at radius 3 is 2.57 bits per heavy atom. The summed E-state index contributed by atoms with van der Waals surface area (Å²) in [4.78, 5) is 15.5. The molecule has 0 saturated carbocycles. The van der Waals surface area contributed by atoms with Crippen LogP contribution in [0.1, 0.15) is 31.0 Å². The number of aromatic nitrogens is 1. The number of oxazole rings is 1. The van der Waals surface area contributed by atoms with Gasteiger partial charge in [0.15, 0.2) is 17.9 Å². The number of hydrogen-bond acceptors (Lipinski definition) is 5. The smallest absolute Gasteiger partial charge is 0.317 e. The van der Waals surface area contributed by atoms with Gasteiger partial charge < -0.3 is 19.0 Å². The Balaban J connectivity index is 2.42. The molecule has 0 radical (unpaired) electrons. The lowest BCUT2D eigenvalue weighted by Gasteiger charge is -2.15. The van der Waals surface area contributed by atoms with Crippen molar-refractivity contribution >= 4 is 5.97 Å². The lowest BCUT2D eigenvalue weighted by molar-refractivity contribution is -0.137. The summed E-state index contributed by atoms with van der Waals surface area (Å²) in [7, 11) is 0. The third kappa shape index (κ3) is 3.34. The highest BCUT2D eigenvalue weighted by atomic mass is 16.5. The normalized spacial score (nSPS) is 11.9. The van der Waals surface area contributed by atoms with Crippen molar-refractivity contribution in [3.05, 3.63) is 42.1 Å². The number of nitrogens with zero attached hydrogens (tertiary/aromatic N) is 1. The van der Waals surface area contributed by atoms with Crippen LogP contribution in [0.25, 0.3) is 0 Å². The van der Waals surface area contributed by atoms with Gasteiger partial charge >= 0.3 is 5.97 Å². The Hall–Kier alpha value is -2.50. The highest BCUT2D eigenvalue weighted by molar-refractivity contribution is 5.80. The molecule has 0 bridgehead atoms. The zero-order valence-corrected chi connectivity index (χ0v) is 11.9. The van der Waals surface area contributed by atoms with Crippen molar-refractivity contribution in [1.82, 2.24) is 4.98 Å². The van der Waals surface area contributed by atoms with E-state index in [1.54, 1.807) is 18.2 Å². The summed E-state index contributed by atoms with van der Waals surface area (Å²) in [5, 5.41) is 9.44. The van der Waals surface area contributed by atoms with Crippen LogP contribution >= 0.6 is 0 Å². The molecule has 0 aliphatic carbocycles. The molecule has 1 aromatic carbocycles. The average molecular weight is 291 g/mol. The first-order valence-electron chi connectivity index (χ1n) is 6.67. The minimum absolute atomic E-state index is 0.342. The maximum absolute atomic E-state index is 11.5. The molecule has 0 aliphatic rings. The van der Waals surface area contributed by atoms with E-state index in [4.69, 9.17) is 13.9 Å². The van der Waals surface area contributed by atoms with Gasteiger partial charge in [0, 0.05) is 0 Å². The third-order valence-electron chi connectivity index (χ3n) is 2.89. The first-order chi connectivity index (χ1) is 10.2. The van der Waals surface area contributed by atoms with E-state index in [1.807, 2.05) is 13.8 Å². The predicted molar refractivity (Wildman–Crippen MR) is 74.8 cm³/mol. The molecule has 1 heterocycles. The Morgan fingerprint density at radius 1 is 1.29 bits per heavy atom. The third-order valence-corrected chi connectivity index (χ3v) is 2.89. The van der Waals surface area contributed by atoms with Crippen LogP contribution < -0.4 is 9.47 Å². The maximum Gasteiger partial charge on any atom is 0.317 e. The van der Waals surface area contributed by atoms with E-state index in [0.717, 1.165) is 0 Å². The topological polar surface area (TPSA) is 81.8 Å². The average Bonchev–Trinajstić information content (AvgIpc) is 2.95. The van der Waals surface area contributed by atoms with E-state index in [2.05, 4.69) is 4.98 Å². The molecule has 112 valence electrons. The first kappa shape index (κ1) is 14.9. The number of carbonyl (C=O) groups is 1. The monoisotopic (exact) mass is 291 g/mol. The van der Waals surface area contributed by atoms with Crippen molar-refractivity contribution in [3.8, 4) is 11.5 Å². The Bertz CT molecular complexity index is 594. The molecule has 6 nitrogen and oxygen atoms in total. The zero-order valence-electron chi connectivity index (χ0n) is 11.9. The molecule has 1 N–H and O–H groups in total. The summed E-state index contributed by atoms with van der Waals surface area (Å²) in [6, 6.07) is 5.07. The zero-order chi connectivity index (χ0) is 15.2. The SMILES string of the molecule is CCOc1ccc(C(C(=O)O)c2cocn2)cc1OCC. The molecule has 0 saturated heterocycles. The van der Waals surface area contributed by atoms with Crippen molar-refractivity contribution < 1.29 is 23.8 Å². The summed E-state index contributed by atoms with van der Waals surface area (Å²) >= 11 is 0. The van der Waals surface area contributed by atoms with Crippen molar-refractivity contribution in [2.24, 2.45) is 0 Å². The van der Waals surface area contributed by atoms with Crippen molar-refractivity contribution in [1.29, 1.82) is 0 Å². The molecule has 0 amide bonds. The van der Waals surface area contributed by atoms with Crippen molar-refractivity contribution in [3.63, 3.8) is 0 Å². The number of ether oxygens (including phenoxy) is 2. The molecular formula is C15H17NO5. The lowest BCUT2D eigenvalue weighted by atomic mass is 9.96. The minimum Gasteiger partial charge on any atom is -0.490 e. The Labute approximate surface area is 122 Å². The van der Waals surface area contributed by atoms with Crippen LogP contribution in [0.2, 0.25) is 0 Å². The fraction of sp³-hybridized carbons (Fsp3) is 0.333. The summed E-state index contributed by atoms with van der Waals surface area (Å²) < 4.78 is 15.9. The molecule has 1 atom stereocenters. The van der Waals surface area contributed by atoms with Gasteiger partial charge in [-0.05, 0) is 31.5 Å². The highest BCUT2D eigenvalue weighted by Gasteiger charge is 2.26. The Morgan fingerprint density at radius 2 is 2.00 bits per heavy atom. The van der Waals surface area contributed by atoms with Gasteiger partial charge in [-0.3, -0.25) is 4.79 Å². The standard InChI is InChI=1S/C15H17NO5/c1-3-20-12-6-5-10(7-13(12)21-4-2)14(15(17)18)11-8-19-9-16-11/h5-9,14H,3-4H2,1-2H3,(H,17,18). The fourth-order valence-electron chi connectivity index (χ4n) is 2.05. The largest absolute Gasteiger partial charge is 0.490 e. The number of carboxylic acids is 1. The molecular weight excluding hydrogens is 274 g/mol. The van der Waals surface area contributed by atoms with Crippen LogP contribution in [-0.4, -0.2) is 29.3 Å². The number of rotatable bonds is 7. The van der Waals surface area contributed by atoms with Gasteiger partial charge in [-0.15, -0.1) is 0 Å². The van der Waals surface area contributed by atoms with Crippen molar-refractivity contribution in [2.75, 3.05) is 13.2 Å².